The summed E-state index contributed by atoms with van der Waals surface area (Å²) in [6.45, 7) is 1.23. The van der Waals surface area contributed by atoms with Gasteiger partial charge < -0.3 is 10.4 Å². The summed E-state index contributed by atoms with van der Waals surface area (Å²) in [5.41, 5.74) is -0.202. The van der Waals surface area contributed by atoms with Gasteiger partial charge in [0.2, 0.25) is 5.91 Å². The third-order valence-electron chi connectivity index (χ3n) is 1.28. The number of allylic oxidation sites excluding steroid dienone is 1. The van der Waals surface area contributed by atoms with E-state index in [4.69, 9.17) is 5.11 Å². The normalized spacial score (nSPS) is 10.8. The summed E-state index contributed by atoms with van der Waals surface area (Å²) in [4.78, 5) is 31.8. The first-order valence-electron chi connectivity index (χ1n) is 3.62. The minimum absolute atomic E-state index is 0.202. The summed E-state index contributed by atoms with van der Waals surface area (Å²) in [5, 5.41) is 10.8. The Balaban J connectivity index is 4.54. The maximum atomic E-state index is 10.8. The number of amides is 1. The molecule has 0 aliphatic rings. The number of carbonyl (C=O) groups excluding carboxylic acids is 2. The van der Waals surface area contributed by atoms with E-state index in [0.29, 0.717) is 0 Å². The second kappa shape index (κ2) is 5.08. The van der Waals surface area contributed by atoms with Crippen LogP contribution in [0.4, 0.5) is 0 Å². The molecule has 0 aliphatic heterocycles. The van der Waals surface area contributed by atoms with Crippen molar-refractivity contribution in [2.24, 2.45) is 0 Å². The molecule has 0 bridgehead atoms. The van der Waals surface area contributed by atoms with Crippen LogP contribution < -0.4 is 5.32 Å². The van der Waals surface area contributed by atoms with Crippen molar-refractivity contribution in [1.29, 1.82) is 0 Å². The van der Waals surface area contributed by atoms with Crippen molar-refractivity contribution >= 4 is 17.7 Å². The molecule has 1 amide bonds. The van der Waals surface area contributed by atoms with Crippen molar-refractivity contribution in [3.8, 4) is 0 Å². The van der Waals surface area contributed by atoms with Crippen LogP contribution in [0.5, 0.6) is 0 Å². The standard InChI is InChI=1S/C8H11NO4/c1-5(10)3-6(8(12)13)4-7(11)9-2/h3H,4H2,1-2H3,(H,9,11)(H,12,13)/b6-3-. The van der Waals surface area contributed by atoms with E-state index in [2.05, 4.69) is 5.32 Å². The lowest BCUT2D eigenvalue weighted by molar-refractivity contribution is -0.134. The summed E-state index contributed by atoms with van der Waals surface area (Å²) in [7, 11) is 1.40. The molecular weight excluding hydrogens is 174 g/mol. The Hall–Kier alpha value is -1.65. The first-order valence-corrected chi connectivity index (χ1v) is 3.62. The van der Waals surface area contributed by atoms with Gasteiger partial charge in [-0.3, -0.25) is 9.59 Å². The van der Waals surface area contributed by atoms with Crippen LogP contribution in [-0.4, -0.2) is 29.8 Å². The first kappa shape index (κ1) is 11.4. The van der Waals surface area contributed by atoms with Gasteiger partial charge in [0, 0.05) is 12.6 Å². The van der Waals surface area contributed by atoms with E-state index in [1.165, 1.54) is 14.0 Å². The summed E-state index contributed by atoms with van der Waals surface area (Å²) < 4.78 is 0. The van der Waals surface area contributed by atoms with Crippen LogP contribution >= 0.6 is 0 Å². The van der Waals surface area contributed by atoms with Crippen molar-refractivity contribution in [1.82, 2.24) is 5.32 Å². The zero-order valence-electron chi connectivity index (χ0n) is 7.46. The van der Waals surface area contributed by atoms with E-state index >= 15 is 0 Å². The van der Waals surface area contributed by atoms with E-state index < -0.39 is 11.9 Å². The first-order chi connectivity index (χ1) is 5.97. The highest BCUT2D eigenvalue weighted by Gasteiger charge is 2.12. The molecule has 72 valence electrons. The van der Waals surface area contributed by atoms with Gasteiger partial charge in [0.1, 0.15) is 0 Å². The number of carbonyl (C=O) groups is 3. The van der Waals surface area contributed by atoms with Gasteiger partial charge in [0.25, 0.3) is 0 Å². The summed E-state index contributed by atoms with van der Waals surface area (Å²) in [6.07, 6.45) is 0.656. The van der Waals surface area contributed by atoms with Gasteiger partial charge in [-0.15, -0.1) is 0 Å². The molecule has 0 radical (unpaired) electrons. The number of carboxylic acid groups (broad SMARTS) is 1. The van der Waals surface area contributed by atoms with Crippen molar-refractivity contribution in [3.63, 3.8) is 0 Å². The quantitative estimate of drug-likeness (QED) is 0.590. The molecule has 13 heavy (non-hydrogen) atoms. The van der Waals surface area contributed by atoms with Crippen LogP contribution in [0.3, 0.4) is 0 Å². The summed E-state index contributed by atoms with van der Waals surface area (Å²) in [5.74, 6) is -2.07. The molecule has 0 aliphatic carbocycles. The molecule has 5 nitrogen and oxygen atoms in total. The number of aliphatic carboxylic acids is 1. The van der Waals surface area contributed by atoms with Gasteiger partial charge in [0.05, 0.1) is 6.42 Å². The molecule has 0 aromatic carbocycles. The van der Waals surface area contributed by atoms with Crippen molar-refractivity contribution < 1.29 is 19.5 Å². The molecule has 0 unspecified atom stereocenters. The highest BCUT2D eigenvalue weighted by molar-refractivity contribution is 6.01. The molecule has 0 rings (SSSR count). The minimum atomic E-state index is -1.25. The Morgan fingerprint density at radius 1 is 1.38 bits per heavy atom. The molecular formula is C8H11NO4. The van der Waals surface area contributed by atoms with Gasteiger partial charge >= 0.3 is 5.97 Å². The molecule has 5 heteroatoms. The number of hydrogen-bond acceptors (Lipinski definition) is 3. The molecule has 0 spiro atoms. The number of nitrogens with one attached hydrogen (secondary N) is 1. The smallest absolute Gasteiger partial charge is 0.332 e. The number of carboxylic acids is 1. The van der Waals surface area contributed by atoms with Crippen LogP contribution in [0.15, 0.2) is 11.6 Å². The van der Waals surface area contributed by atoms with Crippen LogP contribution in [0.2, 0.25) is 0 Å². The van der Waals surface area contributed by atoms with Gasteiger partial charge in [-0.05, 0) is 13.0 Å². The Bertz CT molecular complexity index is 267. The van der Waals surface area contributed by atoms with Crippen LogP contribution in [0.1, 0.15) is 13.3 Å². The average Bonchev–Trinajstić information content (AvgIpc) is 2.02. The topological polar surface area (TPSA) is 83.5 Å². The molecule has 2 N–H and O–H groups in total. The average molecular weight is 185 g/mol. The molecule has 0 saturated carbocycles. The number of rotatable bonds is 4. The van der Waals surface area contributed by atoms with Crippen molar-refractivity contribution in [2.45, 2.75) is 13.3 Å². The maximum absolute atomic E-state index is 10.8. The zero-order valence-corrected chi connectivity index (χ0v) is 7.46. The molecule has 0 fully saturated rings. The van der Waals surface area contributed by atoms with E-state index in [0.717, 1.165) is 6.08 Å². The fourth-order valence-corrected chi connectivity index (χ4v) is 0.695. The van der Waals surface area contributed by atoms with Crippen LogP contribution in [0.25, 0.3) is 0 Å². The Kier molecular flexibility index (Phi) is 4.43. The molecule has 0 aromatic heterocycles. The van der Waals surface area contributed by atoms with E-state index in [-0.39, 0.29) is 17.8 Å². The molecule has 0 atom stereocenters. The zero-order chi connectivity index (χ0) is 10.4. The number of hydrogen-bond donors (Lipinski definition) is 2. The van der Waals surface area contributed by atoms with Crippen LogP contribution in [-0.2, 0) is 14.4 Å². The Labute approximate surface area is 75.4 Å². The van der Waals surface area contributed by atoms with Crippen LogP contribution in [0, 0.1) is 0 Å². The highest BCUT2D eigenvalue weighted by atomic mass is 16.4. The largest absolute Gasteiger partial charge is 0.478 e. The molecule has 0 heterocycles. The lowest BCUT2D eigenvalue weighted by atomic mass is 10.1. The molecule has 0 saturated heterocycles. The number of ketones is 1. The second-order valence-electron chi connectivity index (χ2n) is 2.44. The summed E-state index contributed by atoms with van der Waals surface area (Å²) in [6, 6.07) is 0. The van der Waals surface area contributed by atoms with Gasteiger partial charge in [-0.2, -0.15) is 0 Å². The minimum Gasteiger partial charge on any atom is -0.478 e. The van der Waals surface area contributed by atoms with Crippen molar-refractivity contribution in [2.75, 3.05) is 7.05 Å². The SMILES string of the molecule is CNC(=O)C/C(=C/C(C)=O)C(=O)O. The van der Waals surface area contributed by atoms with Gasteiger partial charge in [0.15, 0.2) is 5.78 Å². The van der Waals surface area contributed by atoms with E-state index in [1.807, 2.05) is 0 Å². The van der Waals surface area contributed by atoms with E-state index in [1.54, 1.807) is 0 Å². The summed E-state index contributed by atoms with van der Waals surface area (Å²) >= 11 is 0. The predicted octanol–water partition coefficient (Wildman–Crippen LogP) is -0.278. The predicted molar refractivity (Wildman–Crippen MR) is 45.1 cm³/mol. The monoisotopic (exact) mass is 185 g/mol. The highest BCUT2D eigenvalue weighted by Crippen LogP contribution is 2.01. The fraction of sp³-hybridized carbons (Fsp3) is 0.375. The third kappa shape index (κ3) is 4.73. The van der Waals surface area contributed by atoms with E-state index in [9.17, 15) is 14.4 Å². The third-order valence-corrected chi connectivity index (χ3v) is 1.28. The fourth-order valence-electron chi connectivity index (χ4n) is 0.695. The lowest BCUT2D eigenvalue weighted by Crippen LogP contribution is -2.20. The van der Waals surface area contributed by atoms with Gasteiger partial charge in [-0.25, -0.2) is 4.79 Å². The molecule has 0 aromatic rings. The lowest BCUT2D eigenvalue weighted by Gasteiger charge is -1.99. The Morgan fingerprint density at radius 3 is 2.23 bits per heavy atom. The van der Waals surface area contributed by atoms with Crippen molar-refractivity contribution in [3.05, 3.63) is 11.6 Å². The second-order valence-corrected chi connectivity index (χ2v) is 2.44. The van der Waals surface area contributed by atoms with Gasteiger partial charge in [-0.1, -0.05) is 0 Å². The maximum Gasteiger partial charge on any atom is 0.332 e. The Morgan fingerprint density at radius 2 is 1.92 bits per heavy atom.